The lowest BCUT2D eigenvalue weighted by Crippen LogP contribution is -2.18. The molecular formula is C9H9BrClF2N. The number of hydrogen-bond acceptors (Lipinski definition) is 1. The van der Waals surface area contributed by atoms with Crippen molar-refractivity contribution in [2.45, 2.75) is 12.3 Å². The average molecular weight is 285 g/mol. The Morgan fingerprint density at radius 2 is 2.07 bits per heavy atom. The van der Waals surface area contributed by atoms with Gasteiger partial charge in [0.2, 0.25) is 0 Å². The monoisotopic (exact) mass is 283 g/mol. The van der Waals surface area contributed by atoms with Gasteiger partial charge in [-0.2, -0.15) is 0 Å². The van der Waals surface area contributed by atoms with Gasteiger partial charge in [-0.15, -0.1) is 0 Å². The van der Waals surface area contributed by atoms with Gasteiger partial charge in [0.1, 0.15) is 0 Å². The Balaban J connectivity index is 3.01. The SMILES string of the molecule is NCCC(F)(F)c1ccc(Cl)c(Br)c1. The van der Waals surface area contributed by atoms with Gasteiger partial charge in [0, 0.05) is 16.5 Å². The van der Waals surface area contributed by atoms with E-state index in [-0.39, 0.29) is 18.5 Å². The molecule has 0 spiro atoms. The zero-order chi connectivity index (χ0) is 10.8. The van der Waals surface area contributed by atoms with Crippen LogP contribution in [0.4, 0.5) is 8.78 Å². The van der Waals surface area contributed by atoms with Crippen LogP contribution in [0.2, 0.25) is 5.02 Å². The Bertz CT molecular complexity index is 331. The van der Waals surface area contributed by atoms with Crippen molar-refractivity contribution in [3.63, 3.8) is 0 Å². The van der Waals surface area contributed by atoms with Crippen molar-refractivity contribution < 1.29 is 8.78 Å². The summed E-state index contributed by atoms with van der Waals surface area (Å²) in [4.78, 5) is 0. The van der Waals surface area contributed by atoms with Gasteiger partial charge < -0.3 is 5.73 Å². The molecule has 0 heterocycles. The van der Waals surface area contributed by atoms with E-state index in [1.165, 1.54) is 18.2 Å². The number of benzene rings is 1. The molecule has 0 unspecified atom stereocenters. The van der Waals surface area contributed by atoms with E-state index in [0.717, 1.165) is 0 Å². The minimum atomic E-state index is -2.89. The van der Waals surface area contributed by atoms with Crippen LogP contribution in [0.15, 0.2) is 22.7 Å². The van der Waals surface area contributed by atoms with Gasteiger partial charge >= 0.3 is 0 Å². The summed E-state index contributed by atoms with van der Waals surface area (Å²) in [6.45, 7) is -0.0484. The summed E-state index contributed by atoms with van der Waals surface area (Å²) in [5, 5.41) is 0.414. The van der Waals surface area contributed by atoms with Gasteiger partial charge in [-0.05, 0) is 34.6 Å². The van der Waals surface area contributed by atoms with E-state index in [2.05, 4.69) is 15.9 Å². The highest BCUT2D eigenvalue weighted by Gasteiger charge is 2.30. The highest BCUT2D eigenvalue weighted by atomic mass is 79.9. The third-order valence-corrected chi connectivity index (χ3v) is 3.01. The minimum absolute atomic E-state index is 0.0484. The maximum atomic E-state index is 13.3. The summed E-state index contributed by atoms with van der Waals surface area (Å²) in [6.07, 6.45) is -0.360. The molecule has 1 nitrogen and oxygen atoms in total. The number of hydrogen-bond donors (Lipinski definition) is 1. The molecule has 0 amide bonds. The molecule has 5 heteroatoms. The van der Waals surface area contributed by atoms with Gasteiger partial charge in [0.15, 0.2) is 0 Å². The lowest BCUT2D eigenvalue weighted by Gasteiger charge is -2.16. The summed E-state index contributed by atoms with van der Waals surface area (Å²) < 4.78 is 27.1. The maximum Gasteiger partial charge on any atom is 0.274 e. The average Bonchev–Trinajstić information content (AvgIpc) is 2.09. The molecule has 0 aliphatic rings. The molecule has 0 bridgehead atoms. The third kappa shape index (κ3) is 2.65. The minimum Gasteiger partial charge on any atom is -0.330 e. The van der Waals surface area contributed by atoms with E-state index in [4.69, 9.17) is 17.3 Å². The second-order valence-corrected chi connectivity index (χ2v) is 4.13. The van der Waals surface area contributed by atoms with Crippen molar-refractivity contribution in [3.8, 4) is 0 Å². The van der Waals surface area contributed by atoms with E-state index in [9.17, 15) is 8.78 Å². The predicted octanol–water partition coefficient (Wildman–Crippen LogP) is 3.54. The molecule has 78 valence electrons. The second kappa shape index (κ2) is 4.55. The first-order valence-corrected chi connectivity index (χ1v) is 5.18. The number of rotatable bonds is 3. The molecule has 0 saturated heterocycles. The van der Waals surface area contributed by atoms with Crippen LogP contribution in [0.1, 0.15) is 12.0 Å². The van der Waals surface area contributed by atoms with Crippen LogP contribution in [0.25, 0.3) is 0 Å². The topological polar surface area (TPSA) is 26.0 Å². The fourth-order valence-corrected chi connectivity index (χ4v) is 1.55. The highest BCUT2D eigenvalue weighted by Crippen LogP contribution is 2.34. The van der Waals surface area contributed by atoms with Gasteiger partial charge in [0.05, 0.1) is 5.02 Å². The standard InChI is InChI=1S/C9H9BrClF2N/c10-7-5-6(1-2-8(7)11)9(12,13)3-4-14/h1-2,5H,3-4,14H2. The van der Waals surface area contributed by atoms with Crippen molar-refractivity contribution in [2.75, 3.05) is 6.54 Å². The van der Waals surface area contributed by atoms with Crippen LogP contribution in [0.3, 0.4) is 0 Å². The largest absolute Gasteiger partial charge is 0.330 e. The molecule has 0 aliphatic carbocycles. The number of alkyl halides is 2. The molecule has 0 aromatic heterocycles. The molecule has 0 fully saturated rings. The van der Waals surface area contributed by atoms with Gasteiger partial charge in [-0.1, -0.05) is 17.7 Å². The molecule has 0 saturated carbocycles. The van der Waals surface area contributed by atoms with Gasteiger partial charge in [-0.3, -0.25) is 0 Å². The van der Waals surface area contributed by atoms with E-state index >= 15 is 0 Å². The van der Waals surface area contributed by atoms with Crippen LogP contribution in [0.5, 0.6) is 0 Å². The Morgan fingerprint density at radius 3 is 2.57 bits per heavy atom. The predicted molar refractivity (Wildman–Crippen MR) is 56.7 cm³/mol. The molecule has 1 aromatic carbocycles. The zero-order valence-corrected chi connectivity index (χ0v) is 9.58. The van der Waals surface area contributed by atoms with Crippen LogP contribution in [-0.4, -0.2) is 6.54 Å². The van der Waals surface area contributed by atoms with Crippen molar-refractivity contribution in [1.29, 1.82) is 0 Å². The first kappa shape index (κ1) is 11.9. The number of nitrogens with two attached hydrogens (primary N) is 1. The fourth-order valence-electron chi connectivity index (χ4n) is 1.05. The first-order valence-electron chi connectivity index (χ1n) is 4.01. The van der Waals surface area contributed by atoms with Crippen molar-refractivity contribution >= 4 is 27.5 Å². The van der Waals surface area contributed by atoms with Crippen molar-refractivity contribution in [3.05, 3.63) is 33.3 Å². The van der Waals surface area contributed by atoms with Crippen molar-refractivity contribution in [2.24, 2.45) is 5.73 Å². The molecule has 1 rings (SSSR count). The molecule has 0 radical (unpaired) electrons. The quantitative estimate of drug-likeness (QED) is 0.902. The Hall–Kier alpha value is -0.190. The van der Waals surface area contributed by atoms with Crippen LogP contribution >= 0.6 is 27.5 Å². The summed E-state index contributed by atoms with van der Waals surface area (Å²) in [5.74, 6) is -2.89. The molecule has 1 aromatic rings. The molecular weight excluding hydrogens is 275 g/mol. The van der Waals surface area contributed by atoms with E-state index in [1.807, 2.05) is 0 Å². The Kier molecular flexibility index (Phi) is 3.86. The third-order valence-electron chi connectivity index (χ3n) is 1.80. The molecule has 0 aliphatic heterocycles. The summed E-state index contributed by atoms with van der Waals surface area (Å²) >= 11 is 8.78. The van der Waals surface area contributed by atoms with Crippen LogP contribution in [0, 0.1) is 0 Å². The van der Waals surface area contributed by atoms with E-state index in [1.54, 1.807) is 0 Å². The molecule has 14 heavy (non-hydrogen) atoms. The Labute approximate surface area is 94.4 Å². The van der Waals surface area contributed by atoms with E-state index in [0.29, 0.717) is 9.50 Å². The first-order chi connectivity index (χ1) is 6.47. The van der Waals surface area contributed by atoms with Crippen LogP contribution in [-0.2, 0) is 5.92 Å². The lowest BCUT2D eigenvalue weighted by atomic mass is 10.1. The maximum absolute atomic E-state index is 13.3. The zero-order valence-electron chi connectivity index (χ0n) is 7.24. The highest BCUT2D eigenvalue weighted by molar-refractivity contribution is 9.10. The fraction of sp³-hybridized carbons (Fsp3) is 0.333. The van der Waals surface area contributed by atoms with Gasteiger partial charge in [-0.25, -0.2) is 8.78 Å². The summed E-state index contributed by atoms with van der Waals surface area (Å²) in [5.41, 5.74) is 5.03. The lowest BCUT2D eigenvalue weighted by molar-refractivity contribution is -0.0107. The summed E-state index contributed by atoms with van der Waals surface area (Å²) in [6, 6.07) is 4.06. The second-order valence-electron chi connectivity index (χ2n) is 2.87. The van der Waals surface area contributed by atoms with E-state index < -0.39 is 5.92 Å². The van der Waals surface area contributed by atoms with Gasteiger partial charge in [0.25, 0.3) is 5.92 Å². The number of halogens is 4. The molecule has 2 N–H and O–H groups in total. The smallest absolute Gasteiger partial charge is 0.274 e. The summed E-state index contributed by atoms with van der Waals surface area (Å²) in [7, 11) is 0. The van der Waals surface area contributed by atoms with Crippen molar-refractivity contribution in [1.82, 2.24) is 0 Å². The molecule has 0 atom stereocenters. The Morgan fingerprint density at radius 1 is 1.43 bits per heavy atom. The van der Waals surface area contributed by atoms with Crippen LogP contribution < -0.4 is 5.73 Å². The normalized spacial score (nSPS) is 11.8.